The first-order chi connectivity index (χ1) is 14.8. The fraction of sp³-hybridized carbons (Fsp3) is 0.238. The zero-order valence-electron chi connectivity index (χ0n) is 16.9. The molecule has 0 aliphatic heterocycles. The van der Waals surface area contributed by atoms with Crippen molar-refractivity contribution in [3.05, 3.63) is 75.5 Å². The van der Waals surface area contributed by atoms with E-state index >= 15 is 0 Å². The van der Waals surface area contributed by atoms with Crippen molar-refractivity contribution in [1.82, 2.24) is 25.4 Å². The average Bonchev–Trinajstić information content (AvgIpc) is 3.11. The summed E-state index contributed by atoms with van der Waals surface area (Å²) >= 11 is 13.3. The number of aromatic nitrogens is 3. The van der Waals surface area contributed by atoms with Crippen LogP contribution in [0.2, 0.25) is 10.0 Å². The number of halogens is 2. The van der Waals surface area contributed by atoms with Crippen LogP contribution in [0.15, 0.2) is 53.7 Å². The summed E-state index contributed by atoms with van der Waals surface area (Å²) in [6.45, 7) is 2.27. The Bertz CT molecular complexity index is 1070. The molecule has 0 aliphatic carbocycles. The number of nitrogens with one attached hydrogen (secondary N) is 2. The lowest BCUT2D eigenvalue weighted by molar-refractivity contribution is -0.118. The lowest BCUT2D eigenvalue weighted by atomic mass is 10.2. The number of carbonyl (C=O) groups is 2. The van der Waals surface area contributed by atoms with Crippen LogP contribution in [-0.2, 0) is 18.4 Å². The van der Waals surface area contributed by atoms with Crippen LogP contribution in [0.5, 0.6) is 0 Å². The van der Waals surface area contributed by atoms with Gasteiger partial charge in [-0.05, 0) is 30.7 Å². The third-order valence-corrected chi connectivity index (χ3v) is 6.01. The third kappa shape index (κ3) is 6.22. The minimum absolute atomic E-state index is 0.0999. The monoisotopic (exact) mass is 477 g/mol. The van der Waals surface area contributed by atoms with Crippen molar-refractivity contribution in [2.24, 2.45) is 7.05 Å². The molecule has 2 N–H and O–H groups in total. The Morgan fingerprint density at radius 3 is 2.58 bits per heavy atom. The lowest BCUT2D eigenvalue weighted by Crippen LogP contribution is -2.28. The third-order valence-electron chi connectivity index (χ3n) is 4.44. The van der Waals surface area contributed by atoms with E-state index in [1.165, 1.54) is 17.8 Å². The molecule has 1 heterocycles. The maximum Gasteiger partial charge on any atom is 0.253 e. The minimum atomic E-state index is -0.419. The molecule has 162 valence electrons. The highest BCUT2D eigenvalue weighted by atomic mass is 35.5. The second-order valence-corrected chi connectivity index (χ2v) is 8.56. The number of hydrogen-bond acceptors (Lipinski definition) is 5. The number of benzene rings is 2. The highest BCUT2D eigenvalue weighted by Gasteiger charge is 2.20. The molecule has 0 saturated carbocycles. The van der Waals surface area contributed by atoms with Gasteiger partial charge in [0.05, 0.1) is 22.4 Å². The van der Waals surface area contributed by atoms with E-state index in [4.69, 9.17) is 23.2 Å². The van der Waals surface area contributed by atoms with Crippen molar-refractivity contribution >= 4 is 46.8 Å². The van der Waals surface area contributed by atoms with Crippen LogP contribution in [0.1, 0.15) is 34.7 Å². The van der Waals surface area contributed by atoms with Gasteiger partial charge < -0.3 is 15.2 Å². The molecular weight excluding hydrogens is 457 g/mol. The largest absolute Gasteiger partial charge is 0.351 e. The maximum absolute atomic E-state index is 12.5. The number of carbonyl (C=O) groups excluding carboxylic acids is 2. The average molecular weight is 478 g/mol. The van der Waals surface area contributed by atoms with Crippen LogP contribution >= 0.6 is 35.0 Å². The van der Waals surface area contributed by atoms with Gasteiger partial charge in [0, 0.05) is 18.6 Å². The predicted octanol–water partition coefficient (Wildman–Crippen LogP) is 4.02. The molecule has 3 rings (SSSR count). The molecule has 1 aromatic heterocycles. The van der Waals surface area contributed by atoms with E-state index in [1.54, 1.807) is 30.7 Å². The Hall–Kier alpha value is -2.55. The normalized spacial score (nSPS) is 11.7. The fourth-order valence-electron chi connectivity index (χ4n) is 2.82. The van der Waals surface area contributed by atoms with Crippen LogP contribution in [-0.4, -0.2) is 32.3 Å². The lowest BCUT2D eigenvalue weighted by Gasteiger charge is -2.14. The standard InChI is InChI=1S/C21H21Cl2N5O2S/c1-13(25-20(30)16-9-8-15(22)10-17(16)23)19-26-27-21(28(19)2)31-12-18(29)24-11-14-6-4-3-5-7-14/h3-10,13H,11-12H2,1-2H3,(H,24,29)(H,25,30)/t13-/m0/s1. The number of hydrogen-bond donors (Lipinski definition) is 2. The Labute approximate surface area is 194 Å². The topological polar surface area (TPSA) is 88.9 Å². The summed E-state index contributed by atoms with van der Waals surface area (Å²) in [6.07, 6.45) is 0. The van der Waals surface area contributed by atoms with Crippen LogP contribution in [0.25, 0.3) is 0 Å². The summed E-state index contributed by atoms with van der Waals surface area (Å²) in [6, 6.07) is 14.0. The Kier molecular flexibility index (Phi) is 7.95. The highest BCUT2D eigenvalue weighted by molar-refractivity contribution is 7.99. The zero-order chi connectivity index (χ0) is 22.4. The molecule has 0 spiro atoms. The van der Waals surface area contributed by atoms with Crippen molar-refractivity contribution < 1.29 is 9.59 Å². The van der Waals surface area contributed by atoms with Gasteiger partial charge in [-0.3, -0.25) is 9.59 Å². The first kappa shape index (κ1) is 23.1. The quantitative estimate of drug-likeness (QED) is 0.478. The van der Waals surface area contributed by atoms with E-state index in [1.807, 2.05) is 30.3 Å². The van der Waals surface area contributed by atoms with E-state index in [9.17, 15) is 9.59 Å². The molecule has 0 unspecified atom stereocenters. The predicted molar refractivity (Wildman–Crippen MR) is 122 cm³/mol. The van der Waals surface area contributed by atoms with Crippen molar-refractivity contribution in [1.29, 1.82) is 0 Å². The molecule has 10 heteroatoms. The van der Waals surface area contributed by atoms with Crippen molar-refractivity contribution in [3.8, 4) is 0 Å². The van der Waals surface area contributed by atoms with Crippen LogP contribution in [0, 0.1) is 0 Å². The van der Waals surface area contributed by atoms with Gasteiger partial charge in [-0.25, -0.2) is 0 Å². The molecule has 2 aromatic carbocycles. The number of amides is 2. The SMILES string of the molecule is C[C@H](NC(=O)c1ccc(Cl)cc1Cl)c1nnc(SCC(=O)NCc2ccccc2)n1C. The molecular formula is C21H21Cl2N5O2S. The van der Waals surface area contributed by atoms with E-state index in [0.29, 0.717) is 28.1 Å². The highest BCUT2D eigenvalue weighted by Crippen LogP contribution is 2.23. The van der Waals surface area contributed by atoms with Crippen LogP contribution < -0.4 is 10.6 Å². The molecule has 0 bridgehead atoms. The Morgan fingerprint density at radius 1 is 1.13 bits per heavy atom. The molecule has 0 saturated heterocycles. The number of nitrogens with zero attached hydrogens (tertiary/aromatic N) is 3. The Balaban J connectivity index is 1.55. The number of thioether (sulfide) groups is 1. The minimum Gasteiger partial charge on any atom is -0.351 e. The van der Waals surface area contributed by atoms with Crippen LogP contribution in [0.4, 0.5) is 0 Å². The van der Waals surface area contributed by atoms with Gasteiger partial charge in [-0.15, -0.1) is 10.2 Å². The zero-order valence-corrected chi connectivity index (χ0v) is 19.3. The summed E-state index contributed by atoms with van der Waals surface area (Å²) in [5.41, 5.74) is 1.36. The van der Waals surface area contributed by atoms with Crippen molar-refractivity contribution in [2.45, 2.75) is 24.7 Å². The van der Waals surface area contributed by atoms with Crippen molar-refractivity contribution in [3.63, 3.8) is 0 Å². The first-order valence-electron chi connectivity index (χ1n) is 9.43. The summed E-state index contributed by atoms with van der Waals surface area (Å²) < 4.78 is 1.75. The molecule has 2 amide bonds. The molecule has 31 heavy (non-hydrogen) atoms. The first-order valence-corrected chi connectivity index (χ1v) is 11.2. The number of rotatable bonds is 8. The van der Waals surface area contributed by atoms with E-state index in [-0.39, 0.29) is 22.6 Å². The van der Waals surface area contributed by atoms with Gasteiger partial charge in [0.15, 0.2) is 11.0 Å². The summed E-state index contributed by atoms with van der Waals surface area (Å²) in [7, 11) is 1.79. The van der Waals surface area contributed by atoms with Gasteiger partial charge in [0.2, 0.25) is 5.91 Å². The van der Waals surface area contributed by atoms with Gasteiger partial charge in [-0.2, -0.15) is 0 Å². The van der Waals surface area contributed by atoms with E-state index in [2.05, 4.69) is 20.8 Å². The molecule has 1 atom stereocenters. The maximum atomic E-state index is 12.5. The van der Waals surface area contributed by atoms with Crippen LogP contribution in [0.3, 0.4) is 0 Å². The van der Waals surface area contributed by atoms with Gasteiger partial charge in [-0.1, -0.05) is 65.3 Å². The van der Waals surface area contributed by atoms with Gasteiger partial charge >= 0.3 is 0 Å². The summed E-state index contributed by atoms with van der Waals surface area (Å²) in [5.74, 6) is 0.328. The van der Waals surface area contributed by atoms with E-state index < -0.39 is 6.04 Å². The Morgan fingerprint density at radius 2 is 1.87 bits per heavy atom. The molecule has 7 nitrogen and oxygen atoms in total. The molecule has 0 radical (unpaired) electrons. The second kappa shape index (κ2) is 10.7. The van der Waals surface area contributed by atoms with E-state index in [0.717, 1.165) is 5.56 Å². The molecule has 0 fully saturated rings. The molecule has 3 aromatic rings. The second-order valence-electron chi connectivity index (χ2n) is 6.77. The van der Waals surface area contributed by atoms with Crippen molar-refractivity contribution in [2.75, 3.05) is 5.75 Å². The molecule has 0 aliphatic rings. The van der Waals surface area contributed by atoms with Gasteiger partial charge in [0.1, 0.15) is 0 Å². The fourth-order valence-corrected chi connectivity index (χ4v) is 4.06. The summed E-state index contributed by atoms with van der Waals surface area (Å²) in [5, 5.41) is 15.3. The van der Waals surface area contributed by atoms with Gasteiger partial charge in [0.25, 0.3) is 5.91 Å². The summed E-state index contributed by atoms with van der Waals surface area (Å²) in [4.78, 5) is 24.7. The smallest absolute Gasteiger partial charge is 0.253 e.